The van der Waals surface area contributed by atoms with Gasteiger partial charge >= 0.3 is 0 Å². The molecule has 0 fully saturated rings. The summed E-state index contributed by atoms with van der Waals surface area (Å²) in [6.07, 6.45) is -1.76. The summed E-state index contributed by atoms with van der Waals surface area (Å²) in [6.45, 7) is 1.69. The van der Waals surface area contributed by atoms with E-state index in [0.29, 0.717) is 11.3 Å². The van der Waals surface area contributed by atoms with Gasteiger partial charge in [0.1, 0.15) is 6.10 Å². The summed E-state index contributed by atoms with van der Waals surface area (Å²) in [5.74, 6) is 0. The van der Waals surface area contributed by atoms with Crippen molar-refractivity contribution in [3.63, 3.8) is 0 Å². The third-order valence-electron chi connectivity index (χ3n) is 2.42. The first kappa shape index (κ1) is 12.0. The van der Waals surface area contributed by atoms with Crippen molar-refractivity contribution in [3.05, 3.63) is 29.3 Å². The highest BCUT2D eigenvalue weighted by molar-refractivity contribution is 5.48. The molecule has 84 valence electrons. The molecule has 0 bridgehead atoms. The summed E-state index contributed by atoms with van der Waals surface area (Å²) in [4.78, 5) is 0. The summed E-state index contributed by atoms with van der Waals surface area (Å²) in [5, 5.41) is 27.9. The van der Waals surface area contributed by atoms with Gasteiger partial charge in [-0.05, 0) is 30.5 Å². The van der Waals surface area contributed by atoms with Gasteiger partial charge in [0.25, 0.3) is 0 Å². The van der Waals surface area contributed by atoms with E-state index in [9.17, 15) is 10.2 Å². The van der Waals surface area contributed by atoms with Gasteiger partial charge in [0, 0.05) is 12.3 Å². The number of rotatable bonds is 4. The molecule has 4 nitrogen and oxygen atoms in total. The number of hydrogen-bond donors (Lipinski definition) is 4. The van der Waals surface area contributed by atoms with Crippen molar-refractivity contribution in [2.24, 2.45) is 0 Å². The second-order valence-corrected chi connectivity index (χ2v) is 3.64. The molecule has 2 unspecified atom stereocenters. The van der Waals surface area contributed by atoms with E-state index >= 15 is 0 Å². The Bertz CT molecular complexity index is 328. The molecule has 0 aromatic heterocycles. The number of nitrogens with two attached hydrogens (primary N) is 1. The van der Waals surface area contributed by atoms with E-state index in [-0.39, 0.29) is 13.0 Å². The number of aliphatic hydroxyl groups is 3. The van der Waals surface area contributed by atoms with Crippen molar-refractivity contribution in [1.82, 2.24) is 0 Å². The Labute approximate surface area is 89.0 Å². The van der Waals surface area contributed by atoms with Crippen molar-refractivity contribution in [3.8, 4) is 0 Å². The van der Waals surface area contributed by atoms with E-state index in [0.717, 1.165) is 5.56 Å². The van der Waals surface area contributed by atoms with Crippen LogP contribution in [0.2, 0.25) is 0 Å². The van der Waals surface area contributed by atoms with Crippen LogP contribution in [-0.2, 0) is 0 Å². The number of aliphatic hydroxyl groups excluding tert-OH is 3. The first-order valence-corrected chi connectivity index (χ1v) is 4.89. The normalized spacial score (nSPS) is 14.9. The number of anilines is 1. The van der Waals surface area contributed by atoms with E-state index in [1.54, 1.807) is 18.2 Å². The van der Waals surface area contributed by atoms with Crippen LogP contribution >= 0.6 is 0 Å². The van der Waals surface area contributed by atoms with Gasteiger partial charge in [-0.3, -0.25) is 0 Å². The van der Waals surface area contributed by atoms with E-state index < -0.39 is 12.2 Å². The molecule has 0 aliphatic rings. The minimum Gasteiger partial charge on any atom is -0.399 e. The van der Waals surface area contributed by atoms with Crippen molar-refractivity contribution in [2.45, 2.75) is 25.6 Å². The van der Waals surface area contributed by atoms with Gasteiger partial charge < -0.3 is 21.1 Å². The molecule has 1 rings (SSSR count). The molecule has 15 heavy (non-hydrogen) atoms. The summed E-state index contributed by atoms with van der Waals surface area (Å²) >= 11 is 0. The monoisotopic (exact) mass is 211 g/mol. The second kappa shape index (κ2) is 5.11. The molecule has 1 aromatic carbocycles. The predicted octanol–water partition coefficient (Wildman–Crippen LogP) is 0.354. The Balaban J connectivity index is 2.81. The zero-order valence-corrected chi connectivity index (χ0v) is 8.72. The Morgan fingerprint density at radius 3 is 2.53 bits per heavy atom. The summed E-state index contributed by atoms with van der Waals surface area (Å²) in [6, 6.07) is 5.10. The molecule has 0 saturated heterocycles. The fourth-order valence-corrected chi connectivity index (χ4v) is 1.40. The van der Waals surface area contributed by atoms with Crippen LogP contribution in [0.1, 0.15) is 23.7 Å². The van der Waals surface area contributed by atoms with Crippen LogP contribution in [0.15, 0.2) is 18.2 Å². The molecule has 0 heterocycles. The number of hydrogen-bond acceptors (Lipinski definition) is 4. The lowest BCUT2D eigenvalue weighted by Crippen LogP contribution is -2.19. The molecule has 4 heteroatoms. The van der Waals surface area contributed by atoms with E-state index in [1.807, 2.05) is 6.92 Å². The lowest BCUT2D eigenvalue weighted by atomic mass is 10.00. The van der Waals surface area contributed by atoms with Gasteiger partial charge in [0.15, 0.2) is 0 Å². The van der Waals surface area contributed by atoms with Crippen molar-refractivity contribution >= 4 is 5.69 Å². The molecule has 0 radical (unpaired) electrons. The molecule has 0 aliphatic heterocycles. The van der Waals surface area contributed by atoms with Crippen LogP contribution in [0.5, 0.6) is 0 Å². The largest absolute Gasteiger partial charge is 0.399 e. The maximum absolute atomic E-state index is 9.73. The minimum absolute atomic E-state index is 0.147. The van der Waals surface area contributed by atoms with Crippen LogP contribution in [-0.4, -0.2) is 28.0 Å². The molecule has 0 aliphatic carbocycles. The Morgan fingerprint density at radius 1 is 1.33 bits per heavy atom. The zero-order chi connectivity index (χ0) is 11.4. The van der Waals surface area contributed by atoms with Crippen LogP contribution in [0.4, 0.5) is 5.69 Å². The molecule has 5 N–H and O–H groups in total. The van der Waals surface area contributed by atoms with E-state index in [1.165, 1.54) is 0 Å². The SMILES string of the molecule is Cc1cc(C(O)C(O)CCO)ccc1N. The minimum atomic E-state index is -0.976. The Hall–Kier alpha value is -1.10. The molecular formula is C11H17NO3. The van der Waals surface area contributed by atoms with Gasteiger partial charge in [0.05, 0.1) is 6.10 Å². The van der Waals surface area contributed by atoms with Gasteiger partial charge in [-0.1, -0.05) is 12.1 Å². The van der Waals surface area contributed by atoms with E-state index in [4.69, 9.17) is 10.8 Å². The second-order valence-electron chi connectivity index (χ2n) is 3.64. The van der Waals surface area contributed by atoms with Crippen LogP contribution < -0.4 is 5.73 Å². The van der Waals surface area contributed by atoms with Crippen LogP contribution in [0, 0.1) is 6.92 Å². The highest BCUT2D eigenvalue weighted by Gasteiger charge is 2.17. The standard InChI is InChI=1S/C11H17NO3/c1-7-6-8(2-3-9(7)12)11(15)10(14)4-5-13/h2-3,6,10-11,13-15H,4-5,12H2,1H3. The third kappa shape index (κ3) is 2.92. The summed E-state index contributed by atoms with van der Waals surface area (Å²) < 4.78 is 0. The van der Waals surface area contributed by atoms with Crippen LogP contribution in [0.25, 0.3) is 0 Å². The molecule has 0 saturated carbocycles. The molecular weight excluding hydrogens is 194 g/mol. The van der Waals surface area contributed by atoms with Crippen molar-refractivity contribution in [2.75, 3.05) is 12.3 Å². The number of aryl methyl sites for hydroxylation is 1. The quantitative estimate of drug-likeness (QED) is 0.541. The molecule has 1 aromatic rings. The van der Waals surface area contributed by atoms with Crippen molar-refractivity contribution in [1.29, 1.82) is 0 Å². The Kier molecular flexibility index (Phi) is 4.08. The summed E-state index contributed by atoms with van der Waals surface area (Å²) in [5.41, 5.74) is 7.77. The summed E-state index contributed by atoms with van der Waals surface area (Å²) in [7, 11) is 0. The maximum atomic E-state index is 9.73. The lowest BCUT2D eigenvalue weighted by Gasteiger charge is -2.18. The predicted molar refractivity (Wildman–Crippen MR) is 58.3 cm³/mol. The van der Waals surface area contributed by atoms with Gasteiger partial charge in [-0.2, -0.15) is 0 Å². The number of nitrogen functional groups attached to an aromatic ring is 1. The Morgan fingerprint density at radius 2 is 2.00 bits per heavy atom. The van der Waals surface area contributed by atoms with E-state index in [2.05, 4.69) is 0 Å². The van der Waals surface area contributed by atoms with Gasteiger partial charge in [-0.25, -0.2) is 0 Å². The number of benzene rings is 1. The highest BCUT2D eigenvalue weighted by Crippen LogP contribution is 2.22. The van der Waals surface area contributed by atoms with Gasteiger partial charge in [0.2, 0.25) is 0 Å². The fraction of sp³-hybridized carbons (Fsp3) is 0.455. The van der Waals surface area contributed by atoms with Gasteiger partial charge in [-0.15, -0.1) is 0 Å². The maximum Gasteiger partial charge on any atom is 0.105 e. The zero-order valence-electron chi connectivity index (χ0n) is 8.72. The molecule has 0 spiro atoms. The fourth-order valence-electron chi connectivity index (χ4n) is 1.40. The average Bonchev–Trinajstić information content (AvgIpc) is 2.21. The third-order valence-corrected chi connectivity index (χ3v) is 2.42. The molecule has 2 atom stereocenters. The molecule has 0 amide bonds. The highest BCUT2D eigenvalue weighted by atomic mass is 16.3. The topological polar surface area (TPSA) is 86.7 Å². The first-order valence-electron chi connectivity index (χ1n) is 4.89. The smallest absolute Gasteiger partial charge is 0.105 e. The average molecular weight is 211 g/mol. The first-order chi connectivity index (χ1) is 7.06. The lowest BCUT2D eigenvalue weighted by molar-refractivity contribution is 0.00420. The van der Waals surface area contributed by atoms with Crippen LogP contribution in [0.3, 0.4) is 0 Å². The van der Waals surface area contributed by atoms with Crippen molar-refractivity contribution < 1.29 is 15.3 Å².